The first-order chi connectivity index (χ1) is 10.1. The Labute approximate surface area is 129 Å². The number of likely N-dealkylation sites (tertiary alicyclic amines) is 1. The highest BCUT2D eigenvalue weighted by Crippen LogP contribution is 2.37. The van der Waals surface area contributed by atoms with Crippen LogP contribution in [0, 0.1) is 12.8 Å². The zero-order valence-electron chi connectivity index (χ0n) is 13.9. The number of benzene rings is 1. The van der Waals surface area contributed by atoms with Crippen LogP contribution in [0.15, 0.2) is 18.2 Å². The standard InChI is InChI=1S/C18H30N2O/c1-13(2)20-9-7-15(8-10-20)17(12-19)16-11-14(3)5-6-18(16)21-4/h5-6,11,13,15,17H,7-10,12,19H2,1-4H3. The average molecular weight is 290 g/mol. The minimum Gasteiger partial charge on any atom is -0.496 e. The minimum atomic E-state index is 0.411. The van der Waals surface area contributed by atoms with Crippen molar-refractivity contribution in [2.45, 2.75) is 45.6 Å². The van der Waals surface area contributed by atoms with Crippen molar-refractivity contribution in [1.82, 2.24) is 4.90 Å². The molecule has 1 atom stereocenters. The lowest BCUT2D eigenvalue weighted by Crippen LogP contribution is -2.40. The highest BCUT2D eigenvalue weighted by Gasteiger charge is 2.29. The molecule has 2 N–H and O–H groups in total. The van der Waals surface area contributed by atoms with Crippen LogP contribution in [-0.2, 0) is 0 Å². The normalized spacial score (nSPS) is 19.0. The Bertz CT molecular complexity index is 451. The molecule has 0 radical (unpaired) electrons. The summed E-state index contributed by atoms with van der Waals surface area (Å²) in [6, 6.07) is 7.09. The molecular formula is C18H30N2O. The summed E-state index contributed by atoms with van der Waals surface area (Å²) in [7, 11) is 1.75. The Morgan fingerprint density at radius 1 is 1.29 bits per heavy atom. The molecule has 0 spiro atoms. The minimum absolute atomic E-state index is 0.411. The van der Waals surface area contributed by atoms with Gasteiger partial charge in [-0.15, -0.1) is 0 Å². The second-order valence-corrected chi connectivity index (χ2v) is 6.55. The van der Waals surface area contributed by atoms with E-state index in [1.807, 2.05) is 0 Å². The summed E-state index contributed by atoms with van der Waals surface area (Å²) in [5.74, 6) is 2.07. The van der Waals surface area contributed by atoms with Crippen LogP contribution < -0.4 is 10.5 Å². The summed E-state index contributed by atoms with van der Waals surface area (Å²) in [4.78, 5) is 2.57. The quantitative estimate of drug-likeness (QED) is 0.905. The van der Waals surface area contributed by atoms with Gasteiger partial charge in [0.25, 0.3) is 0 Å². The summed E-state index contributed by atoms with van der Waals surface area (Å²) < 4.78 is 5.57. The number of methoxy groups -OCH3 is 1. The van der Waals surface area contributed by atoms with E-state index in [-0.39, 0.29) is 0 Å². The van der Waals surface area contributed by atoms with E-state index in [0.29, 0.717) is 24.4 Å². The van der Waals surface area contributed by atoms with E-state index in [1.165, 1.54) is 37.1 Å². The lowest BCUT2D eigenvalue weighted by molar-refractivity contribution is 0.137. The van der Waals surface area contributed by atoms with Crippen LogP contribution in [0.1, 0.15) is 43.7 Å². The summed E-state index contributed by atoms with van der Waals surface area (Å²) in [5, 5.41) is 0. The third-order valence-electron chi connectivity index (χ3n) is 4.91. The van der Waals surface area contributed by atoms with Gasteiger partial charge in [0.1, 0.15) is 5.75 Å². The number of nitrogens with zero attached hydrogens (tertiary/aromatic N) is 1. The molecule has 1 aliphatic heterocycles. The fraction of sp³-hybridized carbons (Fsp3) is 0.667. The van der Waals surface area contributed by atoms with E-state index >= 15 is 0 Å². The highest BCUT2D eigenvalue weighted by molar-refractivity contribution is 5.40. The van der Waals surface area contributed by atoms with Crippen molar-refractivity contribution >= 4 is 0 Å². The molecular weight excluding hydrogens is 260 g/mol. The molecule has 118 valence electrons. The predicted octanol–water partition coefficient (Wildman–Crippen LogP) is 3.17. The fourth-order valence-electron chi connectivity index (χ4n) is 3.56. The van der Waals surface area contributed by atoms with Gasteiger partial charge in [-0.2, -0.15) is 0 Å². The third kappa shape index (κ3) is 3.78. The van der Waals surface area contributed by atoms with Crippen molar-refractivity contribution in [3.05, 3.63) is 29.3 Å². The van der Waals surface area contributed by atoms with Crippen LogP contribution in [0.5, 0.6) is 5.75 Å². The van der Waals surface area contributed by atoms with Crippen LogP contribution in [0.4, 0.5) is 0 Å². The lowest BCUT2D eigenvalue weighted by Gasteiger charge is -2.38. The fourth-order valence-corrected chi connectivity index (χ4v) is 3.56. The lowest BCUT2D eigenvalue weighted by atomic mass is 9.79. The largest absolute Gasteiger partial charge is 0.496 e. The van der Waals surface area contributed by atoms with E-state index in [9.17, 15) is 0 Å². The summed E-state index contributed by atoms with van der Waals surface area (Å²) in [5.41, 5.74) is 8.71. The molecule has 0 aliphatic carbocycles. The zero-order chi connectivity index (χ0) is 15.4. The number of ether oxygens (including phenoxy) is 1. The SMILES string of the molecule is COc1ccc(C)cc1C(CN)C1CCN(C(C)C)CC1. The molecule has 1 saturated heterocycles. The molecule has 1 aliphatic rings. The van der Waals surface area contributed by atoms with Gasteiger partial charge in [0.05, 0.1) is 7.11 Å². The number of hydrogen-bond acceptors (Lipinski definition) is 3. The van der Waals surface area contributed by atoms with Gasteiger partial charge in [0.2, 0.25) is 0 Å². The molecule has 0 bridgehead atoms. The van der Waals surface area contributed by atoms with Crippen LogP contribution in [0.2, 0.25) is 0 Å². The second kappa shape index (κ2) is 7.28. The molecule has 1 fully saturated rings. The first kappa shape index (κ1) is 16.3. The molecule has 0 saturated carbocycles. The van der Waals surface area contributed by atoms with Crippen molar-refractivity contribution in [2.24, 2.45) is 11.7 Å². The van der Waals surface area contributed by atoms with Crippen molar-refractivity contribution in [3.8, 4) is 5.75 Å². The van der Waals surface area contributed by atoms with E-state index in [2.05, 4.69) is 43.9 Å². The predicted molar refractivity (Wildman–Crippen MR) is 89.0 cm³/mol. The Kier molecular flexibility index (Phi) is 5.65. The van der Waals surface area contributed by atoms with Gasteiger partial charge in [-0.25, -0.2) is 0 Å². The van der Waals surface area contributed by atoms with Gasteiger partial charge in [-0.05, 0) is 70.8 Å². The Morgan fingerprint density at radius 3 is 2.48 bits per heavy atom. The maximum Gasteiger partial charge on any atom is 0.122 e. The highest BCUT2D eigenvalue weighted by atomic mass is 16.5. The van der Waals surface area contributed by atoms with Gasteiger partial charge in [0.15, 0.2) is 0 Å². The van der Waals surface area contributed by atoms with Crippen molar-refractivity contribution < 1.29 is 4.74 Å². The summed E-state index contributed by atoms with van der Waals surface area (Å²) in [6.45, 7) is 9.78. The van der Waals surface area contributed by atoms with E-state index in [4.69, 9.17) is 10.5 Å². The van der Waals surface area contributed by atoms with Crippen molar-refractivity contribution in [2.75, 3.05) is 26.7 Å². The molecule has 3 heteroatoms. The van der Waals surface area contributed by atoms with Gasteiger partial charge >= 0.3 is 0 Å². The Morgan fingerprint density at radius 2 is 1.95 bits per heavy atom. The molecule has 0 amide bonds. The van der Waals surface area contributed by atoms with Crippen LogP contribution in [0.3, 0.4) is 0 Å². The van der Waals surface area contributed by atoms with Crippen LogP contribution >= 0.6 is 0 Å². The number of aryl methyl sites for hydroxylation is 1. The molecule has 1 heterocycles. The van der Waals surface area contributed by atoms with Gasteiger partial charge in [-0.3, -0.25) is 0 Å². The zero-order valence-corrected chi connectivity index (χ0v) is 13.9. The van der Waals surface area contributed by atoms with E-state index in [0.717, 1.165) is 5.75 Å². The summed E-state index contributed by atoms with van der Waals surface area (Å²) >= 11 is 0. The molecule has 0 aromatic heterocycles. The van der Waals surface area contributed by atoms with Crippen molar-refractivity contribution in [1.29, 1.82) is 0 Å². The molecule has 1 unspecified atom stereocenters. The summed E-state index contributed by atoms with van der Waals surface area (Å²) in [6.07, 6.45) is 2.47. The van der Waals surface area contributed by atoms with Crippen LogP contribution in [0.25, 0.3) is 0 Å². The molecule has 2 rings (SSSR count). The first-order valence-electron chi connectivity index (χ1n) is 8.15. The smallest absolute Gasteiger partial charge is 0.122 e. The average Bonchev–Trinajstić information content (AvgIpc) is 2.49. The van der Waals surface area contributed by atoms with E-state index < -0.39 is 0 Å². The van der Waals surface area contributed by atoms with Gasteiger partial charge in [0, 0.05) is 12.0 Å². The topological polar surface area (TPSA) is 38.5 Å². The first-order valence-corrected chi connectivity index (χ1v) is 8.15. The molecule has 1 aromatic rings. The molecule has 1 aromatic carbocycles. The Balaban J connectivity index is 2.15. The monoisotopic (exact) mass is 290 g/mol. The maximum absolute atomic E-state index is 6.13. The number of hydrogen-bond donors (Lipinski definition) is 1. The maximum atomic E-state index is 6.13. The van der Waals surface area contributed by atoms with Gasteiger partial charge < -0.3 is 15.4 Å². The number of piperidine rings is 1. The third-order valence-corrected chi connectivity index (χ3v) is 4.91. The second-order valence-electron chi connectivity index (χ2n) is 6.55. The molecule has 3 nitrogen and oxygen atoms in total. The van der Waals surface area contributed by atoms with Crippen molar-refractivity contribution in [3.63, 3.8) is 0 Å². The van der Waals surface area contributed by atoms with Gasteiger partial charge in [-0.1, -0.05) is 17.7 Å². The molecule has 21 heavy (non-hydrogen) atoms. The number of nitrogens with two attached hydrogens (primary N) is 1. The number of rotatable bonds is 5. The Hall–Kier alpha value is -1.06. The van der Waals surface area contributed by atoms with E-state index in [1.54, 1.807) is 7.11 Å². The van der Waals surface area contributed by atoms with Crippen LogP contribution in [-0.4, -0.2) is 37.7 Å².